The van der Waals surface area contributed by atoms with Crippen LogP contribution in [0.3, 0.4) is 0 Å². The number of benzene rings is 1. The van der Waals surface area contributed by atoms with E-state index in [9.17, 15) is 8.42 Å². The lowest BCUT2D eigenvalue weighted by molar-refractivity contribution is 0.598. The molecule has 0 aliphatic carbocycles. The maximum Gasteiger partial charge on any atom is 0.182 e. The molecule has 0 atom stereocenters. The fraction of sp³-hybridized carbons (Fsp3) is 0.333. The van der Waals surface area contributed by atoms with E-state index in [4.69, 9.17) is 0 Å². The average molecular weight is 224 g/mol. The van der Waals surface area contributed by atoms with Gasteiger partial charge in [-0.25, -0.2) is 8.42 Å². The molecule has 0 unspecified atom stereocenters. The highest BCUT2D eigenvalue weighted by molar-refractivity contribution is 7.91. The third-order valence-electron chi connectivity index (χ3n) is 2.36. The van der Waals surface area contributed by atoms with Crippen molar-refractivity contribution < 1.29 is 8.42 Å². The number of hydrogen-bond donors (Lipinski definition) is 0. The lowest BCUT2D eigenvalue weighted by atomic mass is 10.2. The Bertz CT molecular complexity index is 452. The van der Waals surface area contributed by atoms with Crippen LogP contribution in [-0.4, -0.2) is 14.2 Å². The van der Waals surface area contributed by atoms with Gasteiger partial charge in [0.25, 0.3) is 0 Å². The average Bonchev–Trinajstić information content (AvgIpc) is 2.18. The van der Waals surface area contributed by atoms with E-state index in [-0.39, 0.29) is 5.75 Å². The molecule has 0 heterocycles. The van der Waals surface area contributed by atoms with Crippen LogP contribution >= 0.6 is 0 Å². The van der Waals surface area contributed by atoms with Crippen LogP contribution in [0, 0.1) is 0 Å². The monoisotopic (exact) mass is 224 g/mol. The highest BCUT2D eigenvalue weighted by atomic mass is 32.2. The van der Waals surface area contributed by atoms with Gasteiger partial charge in [0, 0.05) is 0 Å². The van der Waals surface area contributed by atoms with Crippen molar-refractivity contribution in [1.82, 2.24) is 0 Å². The van der Waals surface area contributed by atoms with Crippen LogP contribution in [0.4, 0.5) is 0 Å². The Labute approximate surface area is 91.6 Å². The molecule has 3 heteroatoms. The molecule has 1 aromatic rings. The second-order valence-electron chi connectivity index (χ2n) is 3.85. The molecule has 0 aliphatic heterocycles. The molecular weight excluding hydrogens is 208 g/mol. The normalized spacial score (nSPS) is 11.1. The summed E-state index contributed by atoms with van der Waals surface area (Å²) in [6, 6.07) is 8.56. The zero-order valence-corrected chi connectivity index (χ0v) is 10.1. The van der Waals surface area contributed by atoms with Crippen LogP contribution in [0.15, 0.2) is 46.4 Å². The molecule has 15 heavy (non-hydrogen) atoms. The maximum absolute atomic E-state index is 11.9. The summed E-state index contributed by atoms with van der Waals surface area (Å²) < 4.78 is 23.8. The summed E-state index contributed by atoms with van der Waals surface area (Å²) in [7, 11) is -3.16. The molecule has 0 aliphatic rings. The van der Waals surface area contributed by atoms with E-state index in [0.29, 0.717) is 4.90 Å². The lowest BCUT2D eigenvalue weighted by Crippen LogP contribution is -2.08. The molecule has 0 spiro atoms. The highest BCUT2D eigenvalue weighted by Crippen LogP contribution is 2.14. The predicted octanol–water partition coefficient (Wildman–Crippen LogP) is 2.82. The Hall–Kier alpha value is -1.09. The van der Waals surface area contributed by atoms with Gasteiger partial charge in [-0.2, -0.15) is 0 Å². The van der Waals surface area contributed by atoms with E-state index in [1.165, 1.54) is 0 Å². The molecule has 82 valence electrons. The molecular formula is C12H16O2S. The SMILES string of the molecule is CC(C)=C(C)CS(=O)(=O)c1ccccc1. The summed E-state index contributed by atoms with van der Waals surface area (Å²) in [6.07, 6.45) is 0. The number of sulfone groups is 1. The quantitative estimate of drug-likeness (QED) is 0.740. The zero-order valence-electron chi connectivity index (χ0n) is 9.32. The molecule has 0 fully saturated rings. The molecule has 0 radical (unpaired) electrons. The minimum atomic E-state index is -3.16. The van der Waals surface area contributed by atoms with Crippen molar-refractivity contribution >= 4 is 9.84 Å². The first-order chi connectivity index (χ1) is 6.93. The van der Waals surface area contributed by atoms with Gasteiger partial charge in [0.05, 0.1) is 10.6 Å². The summed E-state index contributed by atoms with van der Waals surface area (Å²) in [5.41, 5.74) is 1.98. The first-order valence-corrected chi connectivity index (χ1v) is 6.49. The van der Waals surface area contributed by atoms with Crippen molar-refractivity contribution in [3.63, 3.8) is 0 Å². The van der Waals surface area contributed by atoms with Crippen LogP contribution in [0.2, 0.25) is 0 Å². The first kappa shape index (κ1) is 12.0. The van der Waals surface area contributed by atoms with Crippen molar-refractivity contribution in [1.29, 1.82) is 0 Å². The van der Waals surface area contributed by atoms with Gasteiger partial charge in [0.1, 0.15) is 0 Å². The molecule has 1 aromatic carbocycles. The summed E-state index contributed by atoms with van der Waals surface area (Å²) in [5.74, 6) is 0.110. The van der Waals surface area contributed by atoms with Crippen LogP contribution in [0.25, 0.3) is 0 Å². The Morgan fingerprint density at radius 1 is 1.07 bits per heavy atom. The largest absolute Gasteiger partial charge is 0.223 e. The van der Waals surface area contributed by atoms with Crippen molar-refractivity contribution in [2.24, 2.45) is 0 Å². The number of hydrogen-bond acceptors (Lipinski definition) is 2. The molecule has 0 saturated carbocycles. The topological polar surface area (TPSA) is 34.1 Å². The van der Waals surface area contributed by atoms with Gasteiger partial charge in [0.15, 0.2) is 9.84 Å². The molecule has 0 amide bonds. The van der Waals surface area contributed by atoms with E-state index in [0.717, 1.165) is 11.1 Å². The summed E-state index contributed by atoms with van der Waals surface area (Å²) in [6.45, 7) is 5.71. The van der Waals surface area contributed by atoms with E-state index in [1.807, 2.05) is 26.8 Å². The van der Waals surface area contributed by atoms with Gasteiger partial charge in [-0.1, -0.05) is 29.3 Å². The van der Waals surface area contributed by atoms with Gasteiger partial charge in [0.2, 0.25) is 0 Å². The summed E-state index contributed by atoms with van der Waals surface area (Å²) in [5, 5.41) is 0. The Kier molecular flexibility index (Phi) is 3.69. The van der Waals surface area contributed by atoms with Crippen molar-refractivity contribution in [3.05, 3.63) is 41.5 Å². The van der Waals surface area contributed by atoms with Crippen LogP contribution in [-0.2, 0) is 9.84 Å². The molecule has 2 nitrogen and oxygen atoms in total. The third kappa shape index (κ3) is 3.20. The predicted molar refractivity (Wildman–Crippen MR) is 62.5 cm³/mol. The minimum absolute atomic E-state index is 0.110. The molecule has 0 saturated heterocycles. The van der Waals surface area contributed by atoms with E-state index >= 15 is 0 Å². The fourth-order valence-electron chi connectivity index (χ4n) is 1.14. The third-order valence-corrected chi connectivity index (χ3v) is 4.17. The van der Waals surface area contributed by atoms with Crippen molar-refractivity contribution in [2.75, 3.05) is 5.75 Å². The van der Waals surface area contributed by atoms with Crippen molar-refractivity contribution in [2.45, 2.75) is 25.7 Å². The Balaban J connectivity index is 3.02. The van der Waals surface area contributed by atoms with Gasteiger partial charge >= 0.3 is 0 Å². The van der Waals surface area contributed by atoms with Crippen LogP contribution in [0.1, 0.15) is 20.8 Å². The molecule has 0 N–H and O–H groups in total. The standard InChI is InChI=1S/C12H16O2S/c1-10(2)11(3)9-15(13,14)12-7-5-4-6-8-12/h4-8H,9H2,1-3H3. The van der Waals surface area contributed by atoms with Crippen molar-refractivity contribution in [3.8, 4) is 0 Å². The zero-order chi connectivity index (χ0) is 11.5. The van der Waals surface area contributed by atoms with Gasteiger partial charge in [-0.15, -0.1) is 0 Å². The molecule has 1 rings (SSSR count). The van der Waals surface area contributed by atoms with Gasteiger partial charge in [-0.3, -0.25) is 0 Å². The van der Waals surface area contributed by atoms with Gasteiger partial charge in [-0.05, 0) is 32.9 Å². The van der Waals surface area contributed by atoms with Crippen LogP contribution < -0.4 is 0 Å². The van der Waals surface area contributed by atoms with E-state index < -0.39 is 9.84 Å². The second kappa shape index (κ2) is 4.62. The van der Waals surface area contributed by atoms with E-state index in [2.05, 4.69) is 0 Å². The Morgan fingerprint density at radius 2 is 1.60 bits per heavy atom. The summed E-state index contributed by atoms with van der Waals surface area (Å²) >= 11 is 0. The smallest absolute Gasteiger partial charge is 0.182 e. The summed E-state index contributed by atoms with van der Waals surface area (Å²) in [4.78, 5) is 0.394. The lowest BCUT2D eigenvalue weighted by Gasteiger charge is -2.06. The van der Waals surface area contributed by atoms with Gasteiger partial charge < -0.3 is 0 Å². The number of allylic oxidation sites excluding steroid dienone is 1. The fourth-order valence-corrected chi connectivity index (χ4v) is 2.74. The molecule has 0 bridgehead atoms. The number of rotatable bonds is 3. The van der Waals surface area contributed by atoms with Crippen LogP contribution in [0.5, 0.6) is 0 Å². The minimum Gasteiger partial charge on any atom is -0.223 e. The molecule has 0 aromatic heterocycles. The second-order valence-corrected chi connectivity index (χ2v) is 5.84. The maximum atomic E-state index is 11.9. The Morgan fingerprint density at radius 3 is 2.07 bits per heavy atom. The first-order valence-electron chi connectivity index (χ1n) is 4.84. The highest BCUT2D eigenvalue weighted by Gasteiger charge is 2.14. The van der Waals surface area contributed by atoms with E-state index in [1.54, 1.807) is 24.3 Å².